The number of benzene rings is 1. The van der Waals surface area contributed by atoms with Gasteiger partial charge in [0.25, 0.3) is 0 Å². The molecule has 0 radical (unpaired) electrons. The Morgan fingerprint density at radius 1 is 1.18 bits per heavy atom. The first-order chi connectivity index (χ1) is 8.07. The Balaban J connectivity index is 2.40. The number of aliphatic hydroxyl groups is 1. The monoisotopic (exact) mass is 274 g/mol. The number of sulfone groups is 1. The quantitative estimate of drug-likeness (QED) is 0.774. The molecule has 0 spiro atoms. The van der Waals surface area contributed by atoms with Gasteiger partial charge in [-0.15, -0.1) is 11.8 Å². The van der Waals surface area contributed by atoms with Gasteiger partial charge in [0.15, 0.2) is 9.84 Å². The molecule has 0 saturated heterocycles. The first kappa shape index (κ1) is 14.5. The van der Waals surface area contributed by atoms with Crippen molar-refractivity contribution in [2.24, 2.45) is 0 Å². The molecule has 1 aromatic rings. The van der Waals surface area contributed by atoms with E-state index in [0.717, 1.165) is 10.5 Å². The fourth-order valence-corrected chi connectivity index (χ4v) is 4.13. The molecule has 0 aliphatic heterocycles. The number of hydrogen-bond donors (Lipinski definition) is 1. The fraction of sp³-hybridized carbons (Fsp3) is 0.500. The van der Waals surface area contributed by atoms with E-state index in [-0.39, 0.29) is 18.1 Å². The van der Waals surface area contributed by atoms with E-state index in [2.05, 4.69) is 0 Å². The maximum atomic E-state index is 11.5. The van der Waals surface area contributed by atoms with Gasteiger partial charge in [-0.1, -0.05) is 19.1 Å². The zero-order valence-electron chi connectivity index (χ0n) is 9.93. The first-order valence-corrected chi connectivity index (χ1v) is 8.41. The highest BCUT2D eigenvalue weighted by atomic mass is 32.2. The summed E-state index contributed by atoms with van der Waals surface area (Å²) in [5.74, 6) is 1.09. The first-order valence-electron chi connectivity index (χ1n) is 5.60. The van der Waals surface area contributed by atoms with E-state index in [0.29, 0.717) is 12.2 Å². The minimum absolute atomic E-state index is 0.0375. The Labute approximate surface area is 107 Å². The highest BCUT2D eigenvalue weighted by molar-refractivity contribution is 8.00. The summed E-state index contributed by atoms with van der Waals surface area (Å²) in [6.45, 7) is 1.91. The third kappa shape index (κ3) is 5.57. The molecule has 0 aromatic heterocycles. The molecule has 0 heterocycles. The summed E-state index contributed by atoms with van der Waals surface area (Å²) in [5, 5.41) is 8.88. The lowest BCUT2D eigenvalue weighted by molar-refractivity contribution is 0.282. The van der Waals surface area contributed by atoms with Gasteiger partial charge in [0.05, 0.1) is 12.4 Å². The summed E-state index contributed by atoms with van der Waals surface area (Å²) in [6, 6.07) is 7.51. The van der Waals surface area contributed by atoms with Gasteiger partial charge in [-0.3, -0.25) is 0 Å². The van der Waals surface area contributed by atoms with E-state index in [9.17, 15) is 8.42 Å². The van der Waals surface area contributed by atoms with Gasteiger partial charge in [0, 0.05) is 16.4 Å². The van der Waals surface area contributed by atoms with Crippen molar-refractivity contribution in [2.75, 3.05) is 17.3 Å². The van der Waals surface area contributed by atoms with Crippen molar-refractivity contribution in [3.05, 3.63) is 29.8 Å². The van der Waals surface area contributed by atoms with E-state index in [1.807, 2.05) is 31.2 Å². The van der Waals surface area contributed by atoms with Crippen LogP contribution in [0.4, 0.5) is 0 Å². The van der Waals surface area contributed by atoms with Crippen LogP contribution in [0.2, 0.25) is 0 Å². The second-order valence-corrected chi connectivity index (χ2v) is 7.27. The van der Waals surface area contributed by atoms with Crippen molar-refractivity contribution in [3.8, 4) is 0 Å². The second kappa shape index (κ2) is 7.03. The Bertz CT molecular complexity index is 424. The van der Waals surface area contributed by atoms with Gasteiger partial charge in [-0.2, -0.15) is 0 Å². The third-order valence-electron chi connectivity index (χ3n) is 2.28. The standard InChI is InChI=1S/C12H18O3S2/c1-2-8-17(14,15)9-7-16-12-5-3-11(10-13)4-6-12/h3-6,13H,2,7-10H2,1H3. The Hall–Kier alpha value is -0.520. The molecule has 1 rings (SSSR count). The van der Waals surface area contributed by atoms with Crippen LogP contribution in [-0.2, 0) is 16.4 Å². The van der Waals surface area contributed by atoms with Crippen LogP contribution in [0.25, 0.3) is 0 Å². The molecule has 0 fully saturated rings. The molecule has 5 heteroatoms. The smallest absolute Gasteiger partial charge is 0.151 e. The van der Waals surface area contributed by atoms with Crippen LogP contribution in [-0.4, -0.2) is 30.8 Å². The molecule has 3 nitrogen and oxygen atoms in total. The minimum Gasteiger partial charge on any atom is -0.392 e. The third-order valence-corrected chi connectivity index (χ3v) is 5.41. The van der Waals surface area contributed by atoms with Gasteiger partial charge in [0.2, 0.25) is 0 Å². The number of aliphatic hydroxyl groups excluding tert-OH is 1. The molecule has 0 aliphatic carbocycles. The lowest BCUT2D eigenvalue weighted by Gasteiger charge is -2.03. The molecule has 0 bridgehead atoms. The average molecular weight is 274 g/mol. The predicted octanol–water partition coefficient (Wildman–Crippen LogP) is 2.10. The number of rotatable bonds is 7. The molecule has 17 heavy (non-hydrogen) atoms. The number of thioether (sulfide) groups is 1. The van der Waals surface area contributed by atoms with Gasteiger partial charge in [-0.05, 0) is 24.1 Å². The molecule has 1 N–H and O–H groups in total. The summed E-state index contributed by atoms with van der Waals surface area (Å²) in [7, 11) is -2.88. The van der Waals surface area contributed by atoms with Crippen LogP contribution in [0.5, 0.6) is 0 Å². The van der Waals surface area contributed by atoms with E-state index < -0.39 is 9.84 Å². The summed E-state index contributed by atoms with van der Waals surface area (Å²) in [5.41, 5.74) is 0.868. The largest absolute Gasteiger partial charge is 0.392 e. The van der Waals surface area contributed by atoms with E-state index in [1.165, 1.54) is 11.8 Å². The molecular formula is C12H18O3S2. The highest BCUT2D eigenvalue weighted by Crippen LogP contribution is 2.18. The molecular weight excluding hydrogens is 256 g/mol. The molecule has 0 unspecified atom stereocenters. The fourth-order valence-electron chi connectivity index (χ4n) is 1.39. The summed E-state index contributed by atoms with van der Waals surface area (Å²) >= 11 is 1.53. The molecule has 0 atom stereocenters. The van der Waals surface area contributed by atoms with Gasteiger partial charge in [0.1, 0.15) is 0 Å². The normalized spacial score (nSPS) is 11.6. The predicted molar refractivity (Wildman–Crippen MR) is 72.0 cm³/mol. The maximum Gasteiger partial charge on any atom is 0.151 e. The van der Waals surface area contributed by atoms with Crippen LogP contribution in [0.1, 0.15) is 18.9 Å². The zero-order chi connectivity index (χ0) is 12.7. The van der Waals surface area contributed by atoms with E-state index >= 15 is 0 Å². The van der Waals surface area contributed by atoms with Crippen molar-refractivity contribution in [3.63, 3.8) is 0 Å². The Morgan fingerprint density at radius 3 is 2.35 bits per heavy atom. The van der Waals surface area contributed by atoms with Crippen LogP contribution in [0.3, 0.4) is 0 Å². The molecule has 96 valence electrons. The highest BCUT2D eigenvalue weighted by Gasteiger charge is 2.08. The SMILES string of the molecule is CCCS(=O)(=O)CCSc1ccc(CO)cc1. The van der Waals surface area contributed by atoms with Crippen LogP contribution < -0.4 is 0 Å². The Morgan fingerprint density at radius 2 is 1.82 bits per heavy atom. The van der Waals surface area contributed by atoms with Crippen LogP contribution in [0, 0.1) is 0 Å². The zero-order valence-corrected chi connectivity index (χ0v) is 11.6. The lowest BCUT2D eigenvalue weighted by atomic mass is 10.2. The summed E-state index contributed by atoms with van der Waals surface area (Å²) in [4.78, 5) is 1.04. The minimum atomic E-state index is -2.88. The average Bonchev–Trinajstić information content (AvgIpc) is 2.29. The maximum absolute atomic E-state index is 11.5. The van der Waals surface area contributed by atoms with Gasteiger partial charge >= 0.3 is 0 Å². The lowest BCUT2D eigenvalue weighted by Crippen LogP contribution is -2.12. The van der Waals surface area contributed by atoms with Crippen molar-refractivity contribution >= 4 is 21.6 Å². The van der Waals surface area contributed by atoms with Crippen molar-refractivity contribution < 1.29 is 13.5 Å². The Kier molecular flexibility index (Phi) is 6.02. The molecule has 0 saturated carbocycles. The van der Waals surface area contributed by atoms with Crippen molar-refractivity contribution in [1.82, 2.24) is 0 Å². The molecule has 0 amide bonds. The van der Waals surface area contributed by atoms with Crippen LogP contribution >= 0.6 is 11.8 Å². The summed E-state index contributed by atoms with van der Waals surface area (Å²) < 4.78 is 22.9. The molecule has 0 aliphatic rings. The molecule has 1 aromatic carbocycles. The van der Waals surface area contributed by atoms with E-state index in [1.54, 1.807) is 0 Å². The van der Waals surface area contributed by atoms with Crippen LogP contribution in [0.15, 0.2) is 29.2 Å². The van der Waals surface area contributed by atoms with Crippen molar-refractivity contribution in [2.45, 2.75) is 24.8 Å². The van der Waals surface area contributed by atoms with Gasteiger partial charge in [-0.25, -0.2) is 8.42 Å². The van der Waals surface area contributed by atoms with Crippen molar-refractivity contribution in [1.29, 1.82) is 0 Å². The summed E-state index contributed by atoms with van der Waals surface area (Å²) in [6.07, 6.45) is 0.679. The van der Waals surface area contributed by atoms with E-state index in [4.69, 9.17) is 5.11 Å². The number of hydrogen-bond acceptors (Lipinski definition) is 4. The topological polar surface area (TPSA) is 54.4 Å². The second-order valence-electron chi connectivity index (χ2n) is 3.80. The van der Waals surface area contributed by atoms with Gasteiger partial charge < -0.3 is 5.11 Å².